The molecule has 0 spiro atoms. The summed E-state index contributed by atoms with van der Waals surface area (Å²) in [4.78, 5) is 0.479. The molecule has 0 saturated carbocycles. The molecule has 0 aromatic heterocycles. The van der Waals surface area contributed by atoms with Crippen LogP contribution in [0.2, 0.25) is 0 Å². The van der Waals surface area contributed by atoms with Gasteiger partial charge in [-0.1, -0.05) is 29.8 Å². The summed E-state index contributed by atoms with van der Waals surface area (Å²) in [5.41, 5.74) is 0. The van der Waals surface area contributed by atoms with Crippen LogP contribution in [0.5, 0.6) is 0 Å². The van der Waals surface area contributed by atoms with E-state index in [2.05, 4.69) is 22.9 Å². The first kappa shape index (κ1) is 8.44. The van der Waals surface area contributed by atoms with Crippen LogP contribution < -0.4 is 0 Å². The summed E-state index contributed by atoms with van der Waals surface area (Å²) in [5, 5.41) is 8.61. The van der Waals surface area contributed by atoms with Crippen molar-refractivity contribution >= 4 is 15.9 Å². The zero-order valence-electron chi connectivity index (χ0n) is 5.39. The first-order chi connectivity index (χ1) is 3.72. The van der Waals surface area contributed by atoms with Crippen LogP contribution in [-0.4, -0.2) is 16.5 Å². The van der Waals surface area contributed by atoms with E-state index in [1.54, 1.807) is 0 Å². The van der Waals surface area contributed by atoms with Crippen LogP contribution >= 0.6 is 15.9 Å². The number of hydrogen-bond acceptors (Lipinski definition) is 1. The molecule has 0 aliphatic heterocycles. The molecule has 2 atom stereocenters. The number of halogens is 1. The lowest BCUT2D eigenvalue weighted by atomic mass is 10.1. The van der Waals surface area contributed by atoms with Gasteiger partial charge in [0.1, 0.15) is 0 Å². The number of aliphatic hydroxyl groups is 1. The minimum atomic E-state index is 0.282. The minimum absolute atomic E-state index is 0.282. The lowest BCUT2D eigenvalue weighted by Gasteiger charge is -2.11. The van der Waals surface area contributed by atoms with Crippen LogP contribution in [0.25, 0.3) is 0 Å². The second kappa shape index (κ2) is 4.33. The molecule has 50 valence electrons. The van der Waals surface area contributed by atoms with Gasteiger partial charge in [0.2, 0.25) is 0 Å². The maximum atomic E-state index is 8.61. The predicted octanol–water partition coefficient (Wildman–Crippen LogP) is 1.79. The molecule has 0 bridgehead atoms. The highest BCUT2D eigenvalue weighted by Gasteiger charge is 2.08. The van der Waals surface area contributed by atoms with E-state index in [0.717, 1.165) is 6.42 Å². The number of hydrogen-bond donors (Lipinski definition) is 1. The molecule has 8 heavy (non-hydrogen) atoms. The van der Waals surface area contributed by atoms with Crippen LogP contribution in [0.15, 0.2) is 0 Å². The number of alkyl halides is 1. The van der Waals surface area contributed by atoms with Gasteiger partial charge in [-0.3, -0.25) is 0 Å². The van der Waals surface area contributed by atoms with Crippen molar-refractivity contribution in [2.24, 2.45) is 5.92 Å². The van der Waals surface area contributed by atoms with Crippen LogP contribution in [0.4, 0.5) is 0 Å². The summed E-state index contributed by atoms with van der Waals surface area (Å²) in [6, 6.07) is 0. The quantitative estimate of drug-likeness (QED) is 0.658. The molecule has 1 N–H and O–H groups in total. The smallest absolute Gasteiger partial charge is 0.0467 e. The van der Waals surface area contributed by atoms with Crippen molar-refractivity contribution in [2.75, 3.05) is 6.61 Å². The molecule has 2 unspecified atom stereocenters. The lowest BCUT2D eigenvalue weighted by molar-refractivity contribution is 0.234. The fourth-order valence-corrected chi connectivity index (χ4v) is 0.684. The first-order valence-electron chi connectivity index (χ1n) is 2.97. The Balaban J connectivity index is 3.29. The molecule has 0 aliphatic rings. The van der Waals surface area contributed by atoms with E-state index in [-0.39, 0.29) is 6.61 Å². The third kappa shape index (κ3) is 2.68. The third-order valence-electron chi connectivity index (χ3n) is 1.30. The Bertz CT molecular complexity index is 48.5. The molecule has 1 nitrogen and oxygen atoms in total. The molecule has 0 aromatic rings. The van der Waals surface area contributed by atoms with E-state index in [4.69, 9.17) is 5.11 Å². The van der Waals surface area contributed by atoms with Gasteiger partial charge in [-0.15, -0.1) is 0 Å². The summed E-state index contributed by atoms with van der Waals surface area (Å²) in [6.07, 6.45) is 1.09. The topological polar surface area (TPSA) is 20.2 Å². The minimum Gasteiger partial charge on any atom is -0.396 e. The Kier molecular flexibility index (Phi) is 4.57. The van der Waals surface area contributed by atoms with Gasteiger partial charge in [0.25, 0.3) is 0 Å². The zero-order chi connectivity index (χ0) is 6.57. The molecule has 2 heteroatoms. The van der Waals surface area contributed by atoms with Crippen molar-refractivity contribution in [2.45, 2.75) is 25.1 Å². The highest BCUT2D eigenvalue weighted by atomic mass is 79.9. The van der Waals surface area contributed by atoms with Gasteiger partial charge in [-0.25, -0.2) is 0 Å². The Labute approximate surface area is 59.2 Å². The van der Waals surface area contributed by atoms with Crippen LogP contribution in [-0.2, 0) is 0 Å². The highest BCUT2D eigenvalue weighted by Crippen LogP contribution is 2.14. The molecule has 0 rings (SSSR count). The average molecular weight is 181 g/mol. The van der Waals surface area contributed by atoms with Crippen LogP contribution in [0.3, 0.4) is 0 Å². The van der Waals surface area contributed by atoms with Gasteiger partial charge >= 0.3 is 0 Å². The van der Waals surface area contributed by atoms with Gasteiger partial charge in [0.15, 0.2) is 0 Å². The standard InChI is InChI=1S/C6H13BrO/c1-3-6(7)5(2)4-8/h5-6,8H,3-4H2,1-2H3. The molecular weight excluding hydrogens is 168 g/mol. The van der Waals surface area contributed by atoms with Crippen LogP contribution in [0.1, 0.15) is 20.3 Å². The van der Waals surface area contributed by atoms with E-state index in [9.17, 15) is 0 Å². The van der Waals surface area contributed by atoms with Crippen molar-refractivity contribution in [1.29, 1.82) is 0 Å². The number of rotatable bonds is 3. The molecule has 0 radical (unpaired) electrons. The van der Waals surface area contributed by atoms with Crippen molar-refractivity contribution in [3.05, 3.63) is 0 Å². The Morgan fingerprint density at radius 2 is 2.12 bits per heavy atom. The fourth-order valence-electron chi connectivity index (χ4n) is 0.517. The van der Waals surface area contributed by atoms with E-state index in [1.165, 1.54) is 0 Å². The van der Waals surface area contributed by atoms with Crippen molar-refractivity contribution in [3.63, 3.8) is 0 Å². The van der Waals surface area contributed by atoms with Crippen LogP contribution in [0, 0.1) is 5.92 Å². The number of aliphatic hydroxyl groups excluding tert-OH is 1. The molecule has 0 aliphatic carbocycles. The fraction of sp³-hybridized carbons (Fsp3) is 1.00. The molecular formula is C6H13BrO. The van der Waals surface area contributed by atoms with E-state index in [1.807, 2.05) is 6.92 Å². The first-order valence-corrected chi connectivity index (χ1v) is 3.88. The summed E-state index contributed by atoms with van der Waals surface area (Å²) in [7, 11) is 0. The van der Waals surface area contributed by atoms with Crippen molar-refractivity contribution in [1.82, 2.24) is 0 Å². The maximum absolute atomic E-state index is 8.61. The van der Waals surface area contributed by atoms with Crippen molar-refractivity contribution < 1.29 is 5.11 Å². The molecule has 0 heterocycles. The summed E-state index contributed by atoms with van der Waals surface area (Å²) in [5.74, 6) is 0.389. The second-order valence-electron chi connectivity index (χ2n) is 2.08. The van der Waals surface area contributed by atoms with Gasteiger partial charge in [0, 0.05) is 11.4 Å². The molecule has 0 amide bonds. The Hall–Kier alpha value is 0.440. The van der Waals surface area contributed by atoms with E-state index in [0.29, 0.717) is 10.7 Å². The van der Waals surface area contributed by atoms with Gasteiger partial charge < -0.3 is 5.11 Å². The Morgan fingerprint density at radius 1 is 1.62 bits per heavy atom. The van der Waals surface area contributed by atoms with Gasteiger partial charge in [0.05, 0.1) is 0 Å². The second-order valence-corrected chi connectivity index (χ2v) is 3.26. The average Bonchev–Trinajstić information content (AvgIpc) is 1.84. The third-order valence-corrected chi connectivity index (χ3v) is 2.85. The normalized spacial score (nSPS) is 18.0. The summed E-state index contributed by atoms with van der Waals surface area (Å²) in [6.45, 7) is 4.41. The summed E-state index contributed by atoms with van der Waals surface area (Å²) < 4.78 is 0. The molecule has 0 aromatic carbocycles. The largest absolute Gasteiger partial charge is 0.396 e. The lowest BCUT2D eigenvalue weighted by Crippen LogP contribution is -2.13. The Morgan fingerprint density at radius 3 is 2.25 bits per heavy atom. The summed E-state index contributed by atoms with van der Waals surface area (Å²) >= 11 is 3.44. The molecule has 0 fully saturated rings. The van der Waals surface area contributed by atoms with Crippen molar-refractivity contribution in [3.8, 4) is 0 Å². The van der Waals surface area contributed by atoms with Gasteiger partial charge in [-0.05, 0) is 12.3 Å². The monoisotopic (exact) mass is 180 g/mol. The zero-order valence-corrected chi connectivity index (χ0v) is 6.98. The molecule has 0 saturated heterocycles. The highest BCUT2D eigenvalue weighted by molar-refractivity contribution is 9.09. The predicted molar refractivity (Wildman–Crippen MR) is 39.3 cm³/mol. The van der Waals surface area contributed by atoms with E-state index < -0.39 is 0 Å². The maximum Gasteiger partial charge on any atom is 0.0467 e. The van der Waals surface area contributed by atoms with Gasteiger partial charge in [-0.2, -0.15) is 0 Å². The SMILES string of the molecule is CCC(Br)C(C)CO. The van der Waals surface area contributed by atoms with E-state index >= 15 is 0 Å².